The third-order valence-corrected chi connectivity index (χ3v) is 2.65. The predicted molar refractivity (Wildman–Crippen MR) is 76.3 cm³/mol. The van der Waals surface area contributed by atoms with Gasteiger partial charge in [-0.2, -0.15) is 18.7 Å². The summed E-state index contributed by atoms with van der Waals surface area (Å²) in [6, 6.07) is 4.42. The summed E-state index contributed by atoms with van der Waals surface area (Å²) in [7, 11) is 0. The minimum atomic E-state index is -4.47. The zero-order valence-corrected chi connectivity index (χ0v) is 13.1. The molecule has 1 atom stereocenters. The second-order valence-corrected chi connectivity index (χ2v) is 5.88. The van der Waals surface area contributed by atoms with Crippen LogP contribution in [0.25, 0.3) is 0 Å². The molecule has 23 heavy (non-hydrogen) atoms. The molecule has 0 aliphatic rings. The maximum atomic E-state index is 12.6. The molecule has 0 aliphatic carbocycles. The molecular weight excluding hydrogens is 315 g/mol. The number of ether oxygens (including phenoxy) is 1. The number of benzene rings is 1. The smallest absolute Gasteiger partial charge is 0.431 e. The number of hydrogen-bond acceptors (Lipinski definition) is 4. The van der Waals surface area contributed by atoms with Gasteiger partial charge in [0.2, 0.25) is 0 Å². The van der Waals surface area contributed by atoms with Gasteiger partial charge in [-0.25, -0.2) is 4.79 Å². The Labute approximate surface area is 132 Å². The maximum absolute atomic E-state index is 12.6. The summed E-state index contributed by atoms with van der Waals surface area (Å²) in [6.45, 7) is 4.97. The van der Waals surface area contributed by atoms with Crippen molar-refractivity contribution in [3.05, 3.63) is 35.4 Å². The van der Waals surface area contributed by atoms with E-state index in [1.54, 1.807) is 20.8 Å². The number of carbonyl (C=O) groups is 1. The first-order valence-corrected chi connectivity index (χ1v) is 6.95. The van der Waals surface area contributed by atoms with Crippen LogP contribution in [0.15, 0.2) is 24.3 Å². The van der Waals surface area contributed by atoms with Crippen LogP contribution >= 0.6 is 0 Å². The van der Waals surface area contributed by atoms with Gasteiger partial charge in [0, 0.05) is 6.42 Å². The van der Waals surface area contributed by atoms with Crippen LogP contribution in [-0.2, 0) is 15.8 Å². The third kappa shape index (κ3) is 7.34. The van der Waals surface area contributed by atoms with Crippen molar-refractivity contribution in [3.63, 3.8) is 0 Å². The van der Waals surface area contributed by atoms with Crippen LogP contribution in [0.2, 0.25) is 0 Å². The van der Waals surface area contributed by atoms with Gasteiger partial charge in [0.25, 0.3) is 0 Å². The van der Waals surface area contributed by atoms with Crippen LogP contribution in [0.5, 0.6) is 0 Å². The summed E-state index contributed by atoms with van der Waals surface area (Å²) in [6.07, 6.45) is -6.38. The fourth-order valence-corrected chi connectivity index (χ4v) is 1.67. The van der Waals surface area contributed by atoms with Gasteiger partial charge < -0.3 is 9.84 Å². The molecule has 1 aromatic rings. The van der Waals surface area contributed by atoms with Gasteiger partial charge in [0.15, 0.2) is 0 Å². The highest BCUT2D eigenvalue weighted by molar-refractivity contribution is 5.66. The Kier molecular flexibility index (Phi) is 6.40. The summed E-state index contributed by atoms with van der Waals surface area (Å²) in [5.74, 6) is 0. The number of aliphatic hydroxyl groups is 1. The number of hydrogen-bond donors (Lipinski definition) is 2. The lowest BCUT2D eigenvalue weighted by molar-refractivity contribution is -0.137. The number of aliphatic hydroxyl groups excluding tert-OH is 1. The standard InChI is InChI=1S/C15H20F3NO4/c1-14(2,3)23-13(21)19-22-8-7-12(20)10-5-4-6-11(9-10)15(16,17)18/h4-6,9,12,20H,7-8H2,1-3H3,(H,19,21)/t12-/m0/s1. The molecule has 0 fully saturated rings. The Bertz CT molecular complexity index is 526. The topological polar surface area (TPSA) is 67.8 Å². The normalized spacial score (nSPS) is 13.5. The van der Waals surface area contributed by atoms with E-state index in [1.807, 2.05) is 5.48 Å². The van der Waals surface area contributed by atoms with Crippen molar-refractivity contribution in [2.24, 2.45) is 0 Å². The molecule has 0 saturated carbocycles. The summed E-state index contributed by atoms with van der Waals surface area (Å²) >= 11 is 0. The summed E-state index contributed by atoms with van der Waals surface area (Å²) in [5.41, 5.74) is 0.648. The lowest BCUT2D eigenvalue weighted by Gasteiger charge is -2.19. The van der Waals surface area contributed by atoms with Crippen LogP contribution in [0.1, 0.15) is 44.4 Å². The number of rotatable bonds is 5. The number of nitrogens with one attached hydrogen (secondary N) is 1. The molecule has 0 unspecified atom stereocenters. The molecule has 5 nitrogen and oxygen atoms in total. The first-order valence-electron chi connectivity index (χ1n) is 6.95. The fourth-order valence-electron chi connectivity index (χ4n) is 1.67. The van der Waals surface area contributed by atoms with E-state index in [2.05, 4.69) is 0 Å². The van der Waals surface area contributed by atoms with Crippen molar-refractivity contribution in [2.75, 3.05) is 6.61 Å². The van der Waals surface area contributed by atoms with E-state index >= 15 is 0 Å². The average Bonchev–Trinajstić information content (AvgIpc) is 2.40. The van der Waals surface area contributed by atoms with Gasteiger partial charge in [0.1, 0.15) is 5.60 Å². The number of alkyl halides is 3. The number of carbonyl (C=O) groups excluding carboxylic acids is 1. The number of amides is 1. The van der Waals surface area contributed by atoms with Gasteiger partial charge >= 0.3 is 12.3 Å². The van der Waals surface area contributed by atoms with Gasteiger partial charge in [-0.05, 0) is 38.5 Å². The summed E-state index contributed by atoms with van der Waals surface area (Å²) in [5, 5.41) is 9.87. The molecule has 0 aromatic heterocycles. The van der Waals surface area contributed by atoms with Crippen LogP contribution in [0.3, 0.4) is 0 Å². The molecule has 0 aliphatic heterocycles. The van der Waals surface area contributed by atoms with Crippen LogP contribution < -0.4 is 5.48 Å². The molecule has 130 valence electrons. The van der Waals surface area contributed by atoms with Gasteiger partial charge in [-0.1, -0.05) is 12.1 Å². The first kappa shape index (κ1) is 19.2. The highest BCUT2D eigenvalue weighted by atomic mass is 19.4. The van der Waals surface area contributed by atoms with E-state index in [0.29, 0.717) is 0 Å². The maximum Gasteiger partial charge on any atom is 0.431 e. The van der Waals surface area contributed by atoms with E-state index in [9.17, 15) is 23.1 Å². The van der Waals surface area contributed by atoms with Crippen molar-refractivity contribution in [1.29, 1.82) is 0 Å². The van der Waals surface area contributed by atoms with Crippen molar-refractivity contribution in [2.45, 2.75) is 45.1 Å². The van der Waals surface area contributed by atoms with E-state index in [1.165, 1.54) is 12.1 Å². The second kappa shape index (κ2) is 7.65. The van der Waals surface area contributed by atoms with Crippen LogP contribution in [0.4, 0.5) is 18.0 Å². The third-order valence-electron chi connectivity index (χ3n) is 2.65. The molecule has 0 bridgehead atoms. The molecule has 8 heteroatoms. The monoisotopic (exact) mass is 335 g/mol. The quantitative estimate of drug-likeness (QED) is 0.637. The van der Waals surface area contributed by atoms with Crippen molar-refractivity contribution < 1.29 is 32.6 Å². The fraction of sp³-hybridized carbons (Fsp3) is 0.533. The zero-order valence-electron chi connectivity index (χ0n) is 13.1. The minimum absolute atomic E-state index is 0.0110. The van der Waals surface area contributed by atoms with Crippen LogP contribution in [-0.4, -0.2) is 23.4 Å². The Morgan fingerprint density at radius 2 is 1.96 bits per heavy atom. The summed E-state index contributed by atoms with van der Waals surface area (Å²) in [4.78, 5) is 16.1. The lowest BCUT2D eigenvalue weighted by atomic mass is 10.0. The molecule has 0 saturated heterocycles. The van der Waals surface area contributed by atoms with E-state index in [4.69, 9.17) is 9.57 Å². The van der Waals surface area contributed by atoms with E-state index in [0.717, 1.165) is 12.1 Å². The van der Waals surface area contributed by atoms with E-state index in [-0.39, 0.29) is 18.6 Å². The molecule has 1 rings (SSSR count). The van der Waals surface area contributed by atoms with Crippen molar-refractivity contribution in [1.82, 2.24) is 5.48 Å². The predicted octanol–water partition coefficient (Wildman–Crippen LogP) is 3.59. The van der Waals surface area contributed by atoms with Gasteiger partial charge in [-0.3, -0.25) is 4.84 Å². The molecule has 0 radical (unpaired) electrons. The Morgan fingerprint density at radius 3 is 2.52 bits per heavy atom. The zero-order chi connectivity index (χ0) is 17.7. The SMILES string of the molecule is CC(C)(C)OC(=O)NOCC[C@H](O)c1cccc(C(F)(F)F)c1. The largest absolute Gasteiger partial charge is 0.442 e. The molecule has 1 aromatic carbocycles. The summed E-state index contributed by atoms with van der Waals surface area (Å²) < 4.78 is 42.7. The molecular formula is C15H20F3NO4. The van der Waals surface area contributed by atoms with Crippen molar-refractivity contribution in [3.8, 4) is 0 Å². The van der Waals surface area contributed by atoms with Gasteiger partial charge in [0.05, 0.1) is 18.3 Å². The number of halogens is 3. The highest BCUT2D eigenvalue weighted by Gasteiger charge is 2.30. The molecule has 1 amide bonds. The lowest BCUT2D eigenvalue weighted by Crippen LogP contribution is -2.32. The molecule has 0 heterocycles. The molecule has 2 N–H and O–H groups in total. The highest BCUT2D eigenvalue weighted by Crippen LogP contribution is 2.31. The second-order valence-electron chi connectivity index (χ2n) is 5.88. The first-order chi connectivity index (χ1) is 10.5. The Morgan fingerprint density at radius 1 is 1.30 bits per heavy atom. The van der Waals surface area contributed by atoms with Crippen molar-refractivity contribution >= 4 is 6.09 Å². The number of hydroxylamine groups is 1. The average molecular weight is 335 g/mol. The van der Waals surface area contributed by atoms with Crippen LogP contribution in [0, 0.1) is 0 Å². The Balaban J connectivity index is 2.43. The van der Waals surface area contributed by atoms with E-state index < -0.39 is 29.5 Å². The molecule has 0 spiro atoms. The minimum Gasteiger partial charge on any atom is -0.442 e. The Hall–Kier alpha value is -1.80. The van der Waals surface area contributed by atoms with Gasteiger partial charge in [-0.15, -0.1) is 0 Å².